The van der Waals surface area contributed by atoms with Crippen molar-refractivity contribution < 1.29 is 19.1 Å². The zero-order chi connectivity index (χ0) is 19.5. The molecule has 0 saturated carbocycles. The number of pyridine rings is 1. The summed E-state index contributed by atoms with van der Waals surface area (Å²) in [5, 5.41) is 19.7. The minimum Gasteiger partial charge on any atom is -0.548 e. The zero-order valence-corrected chi connectivity index (χ0v) is 15.5. The first kappa shape index (κ1) is 18.2. The van der Waals surface area contributed by atoms with Crippen molar-refractivity contribution in [1.29, 1.82) is 0 Å². The van der Waals surface area contributed by atoms with Gasteiger partial charge in [0.2, 0.25) is 11.8 Å². The van der Waals surface area contributed by atoms with E-state index in [1.165, 1.54) is 4.90 Å². The molecule has 1 amide bonds. The largest absolute Gasteiger partial charge is 0.548 e. The van der Waals surface area contributed by atoms with E-state index in [0.29, 0.717) is 5.89 Å². The second-order valence-corrected chi connectivity index (χ2v) is 7.15. The third-order valence-corrected chi connectivity index (χ3v) is 5.30. The van der Waals surface area contributed by atoms with E-state index in [1.807, 2.05) is 24.3 Å². The van der Waals surface area contributed by atoms with Crippen LogP contribution < -0.4 is 5.11 Å². The van der Waals surface area contributed by atoms with E-state index in [4.69, 9.17) is 4.42 Å². The fourth-order valence-electron chi connectivity index (χ4n) is 3.08. The van der Waals surface area contributed by atoms with Crippen LogP contribution in [0.1, 0.15) is 11.1 Å². The number of hydrogen-bond donors (Lipinski definition) is 0. The van der Waals surface area contributed by atoms with Crippen molar-refractivity contribution >= 4 is 23.6 Å². The lowest BCUT2D eigenvalue weighted by molar-refractivity contribution is -0.311. The summed E-state index contributed by atoms with van der Waals surface area (Å²) < 4.78 is 5.55. The topological polar surface area (TPSA) is 112 Å². The maximum absolute atomic E-state index is 12.7. The van der Waals surface area contributed by atoms with Gasteiger partial charge in [-0.2, -0.15) is 0 Å². The number of benzene rings is 1. The smallest absolute Gasteiger partial charge is 0.277 e. The van der Waals surface area contributed by atoms with Crippen LogP contribution in [0.25, 0.3) is 11.5 Å². The molecule has 0 aliphatic carbocycles. The number of carboxylic acid groups (broad SMARTS) is 1. The number of thioether (sulfide) groups is 1. The normalized spacial score (nSPS) is 15.9. The molecular formula is C19H15N4O4S-. The molecule has 1 atom stereocenters. The van der Waals surface area contributed by atoms with Crippen LogP contribution in [0.15, 0.2) is 58.4 Å². The molecule has 1 aliphatic rings. The number of carbonyl (C=O) groups is 2. The minimum absolute atomic E-state index is 0.00999. The minimum atomic E-state index is -1.26. The molecule has 28 heavy (non-hydrogen) atoms. The van der Waals surface area contributed by atoms with Gasteiger partial charge in [-0.15, -0.1) is 10.2 Å². The second kappa shape index (κ2) is 7.81. The second-order valence-electron chi connectivity index (χ2n) is 6.23. The van der Waals surface area contributed by atoms with Gasteiger partial charge in [-0.1, -0.05) is 36.0 Å². The average molecular weight is 395 g/mol. The molecule has 0 N–H and O–H groups in total. The molecule has 3 aromatic rings. The number of fused-ring (bicyclic) bond motifs is 1. The highest BCUT2D eigenvalue weighted by Crippen LogP contribution is 2.26. The maximum Gasteiger partial charge on any atom is 0.277 e. The fraction of sp³-hybridized carbons (Fsp3) is 0.211. The molecule has 4 rings (SSSR count). The quantitative estimate of drug-likeness (QED) is 0.587. The number of rotatable bonds is 5. The van der Waals surface area contributed by atoms with Crippen molar-refractivity contribution in [2.75, 3.05) is 5.75 Å². The Morgan fingerprint density at radius 1 is 1.14 bits per heavy atom. The highest BCUT2D eigenvalue weighted by Gasteiger charge is 2.30. The number of nitrogens with zero attached hydrogens (tertiary/aromatic N) is 4. The van der Waals surface area contributed by atoms with Crippen LogP contribution in [0.3, 0.4) is 0 Å². The van der Waals surface area contributed by atoms with E-state index in [0.717, 1.165) is 28.5 Å². The Balaban J connectivity index is 1.44. The van der Waals surface area contributed by atoms with Gasteiger partial charge in [0, 0.05) is 24.5 Å². The Morgan fingerprint density at radius 2 is 1.89 bits per heavy atom. The summed E-state index contributed by atoms with van der Waals surface area (Å²) in [6.45, 7) is 0.236. The predicted molar refractivity (Wildman–Crippen MR) is 97.7 cm³/mol. The first-order valence-electron chi connectivity index (χ1n) is 8.55. The molecule has 8 nitrogen and oxygen atoms in total. The Hall–Kier alpha value is -3.20. The van der Waals surface area contributed by atoms with Gasteiger partial charge in [0.15, 0.2) is 0 Å². The van der Waals surface area contributed by atoms with Crippen LogP contribution >= 0.6 is 11.8 Å². The number of amides is 1. The van der Waals surface area contributed by atoms with Crippen LogP contribution in [0, 0.1) is 0 Å². The molecular weight excluding hydrogens is 380 g/mol. The Kier molecular flexibility index (Phi) is 5.07. The summed E-state index contributed by atoms with van der Waals surface area (Å²) in [5.74, 6) is -1.26. The molecule has 2 aromatic heterocycles. The maximum atomic E-state index is 12.7. The third-order valence-electron chi connectivity index (χ3n) is 4.49. The van der Waals surface area contributed by atoms with Crippen molar-refractivity contribution in [2.24, 2.45) is 0 Å². The van der Waals surface area contributed by atoms with Gasteiger partial charge >= 0.3 is 0 Å². The van der Waals surface area contributed by atoms with Crippen LogP contribution in [0.4, 0.5) is 0 Å². The zero-order valence-electron chi connectivity index (χ0n) is 14.6. The number of hydrogen-bond acceptors (Lipinski definition) is 8. The van der Waals surface area contributed by atoms with Crippen molar-refractivity contribution in [2.45, 2.75) is 24.2 Å². The number of aliphatic carboxylic acids is 1. The Bertz CT molecular complexity index is 1010. The van der Waals surface area contributed by atoms with Gasteiger partial charge in [-0.3, -0.25) is 9.78 Å². The summed E-state index contributed by atoms with van der Waals surface area (Å²) in [4.78, 5) is 29.5. The van der Waals surface area contributed by atoms with E-state index in [-0.39, 0.29) is 29.8 Å². The molecule has 0 fully saturated rings. The summed E-state index contributed by atoms with van der Waals surface area (Å²) in [5.41, 5.74) is 2.59. The molecule has 0 spiro atoms. The van der Waals surface area contributed by atoms with Gasteiger partial charge in [0.05, 0.1) is 17.8 Å². The van der Waals surface area contributed by atoms with Gasteiger partial charge in [0.1, 0.15) is 0 Å². The lowest BCUT2D eigenvalue weighted by Gasteiger charge is -2.37. The molecule has 1 aromatic carbocycles. The standard InChI is InChI=1S/C19H16N4O4S/c24-16(11-28-19-22-21-17(27-19)12-5-7-20-8-6-12)23-10-14-4-2-1-3-13(14)9-15(23)18(25)26/h1-8,15H,9-11H2,(H,25,26)/p-1/t15-/m0/s1. The van der Waals surface area contributed by atoms with Gasteiger partial charge in [-0.25, -0.2) is 0 Å². The first-order chi connectivity index (χ1) is 13.6. The third kappa shape index (κ3) is 3.74. The monoisotopic (exact) mass is 395 g/mol. The van der Waals surface area contributed by atoms with Crippen molar-refractivity contribution in [3.05, 3.63) is 59.9 Å². The molecule has 0 unspecified atom stereocenters. The van der Waals surface area contributed by atoms with E-state index in [1.54, 1.807) is 24.5 Å². The van der Waals surface area contributed by atoms with Crippen LogP contribution in [0.2, 0.25) is 0 Å². The van der Waals surface area contributed by atoms with Crippen molar-refractivity contribution in [3.8, 4) is 11.5 Å². The van der Waals surface area contributed by atoms with Gasteiger partial charge in [-0.05, 0) is 29.7 Å². The van der Waals surface area contributed by atoms with Crippen LogP contribution in [-0.4, -0.2) is 43.8 Å². The highest BCUT2D eigenvalue weighted by atomic mass is 32.2. The SMILES string of the molecule is O=C([O-])[C@@H]1Cc2ccccc2CN1C(=O)CSc1nnc(-c2ccncc2)o1. The van der Waals surface area contributed by atoms with Crippen LogP contribution in [-0.2, 0) is 22.6 Å². The van der Waals surface area contributed by atoms with Crippen LogP contribution in [0.5, 0.6) is 0 Å². The molecule has 9 heteroatoms. The molecule has 3 heterocycles. The Morgan fingerprint density at radius 3 is 2.64 bits per heavy atom. The molecule has 0 radical (unpaired) electrons. The lowest BCUT2D eigenvalue weighted by atomic mass is 9.94. The summed E-state index contributed by atoms with van der Waals surface area (Å²) in [6.07, 6.45) is 3.47. The summed E-state index contributed by atoms with van der Waals surface area (Å²) in [6, 6.07) is 9.99. The molecule has 142 valence electrons. The number of carboxylic acids is 1. The van der Waals surface area contributed by atoms with Gasteiger partial charge in [0.25, 0.3) is 5.22 Å². The predicted octanol–water partition coefficient (Wildman–Crippen LogP) is 0.927. The van der Waals surface area contributed by atoms with E-state index >= 15 is 0 Å². The van der Waals surface area contributed by atoms with Crippen molar-refractivity contribution in [1.82, 2.24) is 20.1 Å². The highest BCUT2D eigenvalue weighted by molar-refractivity contribution is 7.99. The van der Waals surface area contributed by atoms with E-state index < -0.39 is 12.0 Å². The molecule has 0 bridgehead atoms. The Labute approximate surface area is 164 Å². The van der Waals surface area contributed by atoms with Crippen molar-refractivity contribution in [3.63, 3.8) is 0 Å². The lowest BCUT2D eigenvalue weighted by Crippen LogP contribution is -2.54. The number of aromatic nitrogens is 3. The fourth-order valence-corrected chi connectivity index (χ4v) is 3.73. The summed E-state index contributed by atoms with van der Waals surface area (Å²) in [7, 11) is 0. The van der Waals surface area contributed by atoms with Gasteiger partial charge < -0.3 is 19.2 Å². The van der Waals surface area contributed by atoms with E-state index in [2.05, 4.69) is 15.2 Å². The first-order valence-corrected chi connectivity index (χ1v) is 9.54. The van der Waals surface area contributed by atoms with E-state index in [9.17, 15) is 14.7 Å². The molecule has 1 aliphatic heterocycles. The summed E-state index contributed by atoms with van der Waals surface area (Å²) >= 11 is 1.07. The number of carbonyl (C=O) groups excluding carboxylic acids is 2. The average Bonchev–Trinajstić information content (AvgIpc) is 3.20. The molecule has 0 saturated heterocycles.